The SMILES string of the molecule is CCOc1ccc(OCC)c2[nH]c(S(=O)Cc3ccccc3N(C)C)nc12. The van der Waals surface area contributed by atoms with E-state index in [0.29, 0.717) is 46.7 Å². The minimum Gasteiger partial charge on any atom is -0.492 e. The Kier molecular flexibility index (Phi) is 6.01. The molecule has 0 amide bonds. The van der Waals surface area contributed by atoms with Gasteiger partial charge in [-0.15, -0.1) is 0 Å². The molecule has 0 fully saturated rings. The Balaban J connectivity index is 1.98. The van der Waals surface area contributed by atoms with Gasteiger partial charge >= 0.3 is 0 Å². The first-order chi connectivity index (χ1) is 13.0. The number of H-pyrrole nitrogens is 1. The number of aromatic nitrogens is 2. The van der Waals surface area contributed by atoms with Gasteiger partial charge in [-0.25, -0.2) is 4.98 Å². The number of rotatable bonds is 8. The fraction of sp³-hybridized carbons (Fsp3) is 0.350. The van der Waals surface area contributed by atoms with Gasteiger partial charge in [0.2, 0.25) is 0 Å². The number of fused-ring (bicyclic) bond motifs is 1. The van der Waals surface area contributed by atoms with E-state index < -0.39 is 10.8 Å². The lowest BCUT2D eigenvalue weighted by Crippen LogP contribution is -2.12. The summed E-state index contributed by atoms with van der Waals surface area (Å²) in [4.78, 5) is 9.78. The molecule has 7 heteroatoms. The molecule has 0 aliphatic rings. The highest BCUT2D eigenvalue weighted by atomic mass is 32.2. The van der Waals surface area contributed by atoms with E-state index in [0.717, 1.165) is 11.3 Å². The number of para-hydroxylation sites is 1. The van der Waals surface area contributed by atoms with E-state index in [4.69, 9.17) is 9.47 Å². The maximum Gasteiger partial charge on any atom is 0.197 e. The van der Waals surface area contributed by atoms with Crippen molar-refractivity contribution in [1.82, 2.24) is 9.97 Å². The summed E-state index contributed by atoms with van der Waals surface area (Å²) in [6.45, 7) is 4.92. The lowest BCUT2D eigenvalue weighted by Gasteiger charge is -2.16. The Hall–Kier alpha value is -2.54. The average Bonchev–Trinajstić information content (AvgIpc) is 3.10. The van der Waals surface area contributed by atoms with Gasteiger partial charge in [0.25, 0.3) is 0 Å². The molecule has 0 spiro atoms. The third-order valence-corrected chi connectivity index (χ3v) is 5.32. The van der Waals surface area contributed by atoms with E-state index in [9.17, 15) is 4.21 Å². The Morgan fingerprint density at radius 1 is 1.04 bits per heavy atom. The summed E-state index contributed by atoms with van der Waals surface area (Å²) in [5.41, 5.74) is 3.42. The average molecular weight is 388 g/mol. The van der Waals surface area contributed by atoms with Crippen LogP contribution in [0.4, 0.5) is 5.69 Å². The maximum absolute atomic E-state index is 13.0. The molecule has 1 aromatic heterocycles. The van der Waals surface area contributed by atoms with Gasteiger partial charge in [-0.05, 0) is 37.6 Å². The zero-order chi connectivity index (χ0) is 19.4. The van der Waals surface area contributed by atoms with Crippen molar-refractivity contribution >= 4 is 27.5 Å². The topological polar surface area (TPSA) is 67.5 Å². The Morgan fingerprint density at radius 2 is 1.70 bits per heavy atom. The predicted octanol–water partition coefficient (Wildman–Crippen LogP) is 3.73. The molecular weight excluding hydrogens is 362 g/mol. The van der Waals surface area contributed by atoms with Crippen molar-refractivity contribution in [3.8, 4) is 11.5 Å². The number of hydrogen-bond acceptors (Lipinski definition) is 5. The number of benzene rings is 2. The van der Waals surface area contributed by atoms with Crippen LogP contribution in [-0.4, -0.2) is 41.5 Å². The van der Waals surface area contributed by atoms with Crippen LogP contribution in [0.3, 0.4) is 0 Å². The zero-order valence-corrected chi connectivity index (χ0v) is 16.9. The van der Waals surface area contributed by atoms with Gasteiger partial charge in [0.1, 0.15) is 22.5 Å². The second-order valence-corrected chi connectivity index (χ2v) is 7.57. The summed E-state index contributed by atoms with van der Waals surface area (Å²) in [6, 6.07) is 11.6. The van der Waals surface area contributed by atoms with E-state index >= 15 is 0 Å². The molecule has 3 rings (SSSR count). The summed E-state index contributed by atoms with van der Waals surface area (Å²) >= 11 is 0. The maximum atomic E-state index is 13.0. The summed E-state index contributed by atoms with van der Waals surface area (Å²) < 4.78 is 24.4. The second kappa shape index (κ2) is 8.43. The minimum absolute atomic E-state index is 0.377. The predicted molar refractivity (Wildman–Crippen MR) is 109 cm³/mol. The largest absolute Gasteiger partial charge is 0.492 e. The molecule has 0 saturated carbocycles. The zero-order valence-electron chi connectivity index (χ0n) is 16.1. The van der Waals surface area contributed by atoms with Gasteiger partial charge in [0, 0.05) is 19.8 Å². The van der Waals surface area contributed by atoms with Crippen LogP contribution in [0, 0.1) is 0 Å². The summed E-state index contributed by atoms with van der Waals surface area (Å²) in [5.74, 6) is 1.71. The number of nitrogens with one attached hydrogen (secondary N) is 1. The van der Waals surface area contributed by atoms with Crippen LogP contribution in [0.2, 0.25) is 0 Å². The molecule has 0 saturated heterocycles. The van der Waals surface area contributed by atoms with Gasteiger partial charge in [-0.1, -0.05) is 18.2 Å². The number of ether oxygens (including phenoxy) is 2. The monoisotopic (exact) mass is 387 g/mol. The van der Waals surface area contributed by atoms with Crippen molar-refractivity contribution in [2.75, 3.05) is 32.2 Å². The molecule has 27 heavy (non-hydrogen) atoms. The van der Waals surface area contributed by atoms with Crippen molar-refractivity contribution < 1.29 is 13.7 Å². The Morgan fingerprint density at radius 3 is 2.41 bits per heavy atom. The summed E-state index contributed by atoms with van der Waals surface area (Å²) in [7, 11) is 2.63. The fourth-order valence-electron chi connectivity index (χ4n) is 2.96. The highest BCUT2D eigenvalue weighted by molar-refractivity contribution is 7.84. The van der Waals surface area contributed by atoms with Crippen LogP contribution in [0.5, 0.6) is 11.5 Å². The third kappa shape index (κ3) is 4.08. The highest BCUT2D eigenvalue weighted by Gasteiger charge is 2.18. The minimum atomic E-state index is -1.32. The molecule has 6 nitrogen and oxygen atoms in total. The molecule has 1 N–H and O–H groups in total. The van der Waals surface area contributed by atoms with Crippen molar-refractivity contribution in [3.05, 3.63) is 42.0 Å². The van der Waals surface area contributed by atoms with Crippen molar-refractivity contribution in [2.24, 2.45) is 0 Å². The number of anilines is 1. The van der Waals surface area contributed by atoms with Gasteiger partial charge in [-0.3, -0.25) is 4.21 Å². The quantitative estimate of drug-likeness (QED) is 0.638. The molecular formula is C20H25N3O3S. The van der Waals surface area contributed by atoms with Gasteiger partial charge in [0.05, 0.1) is 29.8 Å². The van der Waals surface area contributed by atoms with E-state index in [1.54, 1.807) is 0 Å². The molecule has 0 aliphatic carbocycles. The van der Waals surface area contributed by atoms with Crippen LogP contribution >= 0.6 is 0 Å². The molecule has 1 heterocycles. The van der Waals surface area contributed by atoms with E-state index in [-0.39, 0.29) is 0 Å². The first kappa shape index (κ1) is 19.2. The fourth-order valence-corrected chi connectivity index (χ4v) is 4.03. The molecule has 2 aromatic carbocycles. The Labute approximate surface area is 162 Å². The van der Waals surface area contributed by atoms with Gasteiger partial charge < -0.3 is 19.4 Å². The highest BCUT2D eigenvalue weighted by Crippen LogP contribution is 2.33. The lowest BCUT2D eigenvalue weighted by atomic mass is 10.2. The first-order valence-corrected chi connectivity index (χ1v) is 10.3. The summed E-state index contributed by atoms with van der Waals surface area (Å²) in [5, 5.41) is 0.423. The molecule has 1 unspecified atom stereocenters. The van der Waals surface area contributed by atoms with E-state index in [1.165, 1.54) is 0 Å². The summed E-state index contributed by atoms with van der Waals surface area (Å²) in [6.07, 6.45) is 0. The van der Waals surface area contributed by atoms with Gasteiger partial charge in [-0.2, -0.15) is 0 Å². The molecule has 0 radical (unpaired) electrons. The van der Waals surface area contributed by atoms with Crippen LogP contribution in [0.25, 0.3) is 11.0 Å². The van der Waals surface area contributed by atoms with Gasteiger partial charge in [0.15, 0.2) is 5.16 Å². The number of hydrogen-bond donors (Lipinski definition) is 1. The van der Waals surface area contributed by atoms with Crippen molar-refractivity contribution in [1.29, 1.82) is 0 Å². The molecule has 1 atom stereocenters. The normalized spacial score (nSPS) is 12.1. The Bertz CT molecular complexity index is 910. The van der Waals surface area contributed by atoms with Crippen LogP contribution in [-0.2, 0) is 16.6 Å². The standard InChI is InChI=1S/C20H25N3O3S/c1-5-25-16-11-12-17(26-6-2)19-18(16)21-20(22-19)27(24)13-14-9-7-8-10-15(14)23(3)4/h7-12H,5-6,13H2,1-4H3,(H,21,22). The molecule has 3 aromatic rings. The van der Waals surface area contributed by atoms with Crippen molar-refractivity contribution in [3.63, 3.8) is 0 Å². The smallest absolute Gasteiger partial charge is 0.197 e. The third-order valence-electron chi connectivity index (χ3n) is 4.12. The molecule has 144 valence electrons. The first-order valence-electron chi connectivity index (χ1n) is 8.97. The van der Waals surface area contributed by atoms with E-state index in [2.05, 4.69) is 9.97 Å². The number of nitrogens with zero attached hydrogens (tertiary/aromatic N) is 2. The molecule has 0 bridgehead atoms. The van der Waals surface area contributed by atoms with E-state index in [1.807, 2.05) is 69.2 Å². The second-order valence-electron chi connectivity index (χ2n) is 6.21. The lowest BCUT2D eigenvalue weighted by molar-refractivity contribution is 0.336. The van der Waals surface area contributed by atoms with Crippen LogP contribution < -0.4 is 14.4 Å². The van der Waals surface area contributed by atoms with Crippen molar-refractivity contribution in [2.45, 2.75) is 24.8 Å². The van der Waals surface area contributed by atoms with Crippen LogP contribution in [0.1, 0.15) is 19.4 Å². The van der Waals surface area contributed by atoms with Crippen LogP contribution in [0.15, 0.2) is 41.6 Å². The number of imidazole rings is 1. The molecule has 0 aliphatic heterocycles. The number of aromatic amines is 1.